The summed E-state index contributed by atoms with van der Waals surface area (Å²) in [7, 11) is 0. The molecular weight excluding hydrogens is 358 g/mol. The van der Waals surface area contributed by atoms with Gasteiger partial charge in [-0.05, 0) is 12.1 Å². The molecule has 0 bridgehead atoms. The van der Waals surface area contributed by atoms with Gasteiger partial charge < -0.3 is 14.4 Å². The minimum absolute atomic E-state index is 0.0187. The normalized spacial score (nSPS) is 11.9. The predicted molar refractivity (Wildman–Crippen MR) is 82.0 cm³/mol. The molecule has 0 aliphatic heterocycles. The highest BCUT2D eigenvalue weighted by Gasteiger charge is 2.35. The number of ether oxygens (including phenoxy) is 1. The summed E-state index contributed by atoms with van der Waals surface area (Å²) in [5.74, 6) is -0.900. The van der Waals surface area contributed by atoms with Crippen LogP contribution in [-0.4, -0.2) is 40.4 Å². The van der Waals surface area contributed by atoms with E-state index in [4.69, 9.17) is 4.74 Å². The lowest BCUT2D eigenvalue weighted by molar-refractivity contribution is -0.780. The number of nitro benzene ring substituents is 1. The monoisotopic (exact) mass is 373 g/mol. The van der Waals surface area contributed by atoms with E-state index in [9.17, 15) is 35.1 Å². The summed E-state index contributed by atoms with van der Waals surface area (Å²) >= 11 is 0. The Kier molecular flexibility index (Phi) is 6.75. The van der Waals surface area contributed by atoms with E-state index in [2.05, 4.69) is 9.68 Å². The van der Waals surface area contributed by atoms with Crippen LogP contribution in [0.4, 0.5) is 5.69 Å². The van der Waals surface area contributed by atoms with E-state index in [1.807, 2.05) is 0 Å². The van der Waals surface area contributed by atoms with Crippen molar-refractivity contribution in [3.8, 4) is 0 Å². The van der Waals surface area contributed by atoms with Crippen LogP contribution >= 0.6 is 0 Å². The van der Waals surface area contributed by atoms with Crippen molar-refractivity contribution in [1.29, 1.82) is 0 Å². The van der Waals surface area contributed by atoms with Gasteiger partial charge in [0.25, 0.3) is 15.9 Å². The summed E-state index contributed by atoms with van der Waals surface area (Å²) in [6, 6.07) is 4.50. The summed E-state index contributed by atoms with van der Waals surface area (Å²) < 4.78 is 4.92. The van der Waals surface area contributed by atoms with Crippen LogP contribution in [-0.2, 0) is 14.4 Å². The van der Waals surface area contributed by atoms with E-state index in [0.29, 0.717) is 0 Å². The molecule has 0 aliphatic rings. The predicted octanol–water partition coefficient (Wildman–Crippen LogP) is 1.56. The average molecular weight is 373 g/mol. The minimum Gasteiger partial charge on any atom is -0.460 e. The summed E-state index contributed by atoms with van der Waals surface area (Å²) in [6.07, 6.45) is -1.35. The van der Waals surface area contributed by atoms with Crippen molar-refractivity contribution < 1.29 is 34.3 Å². The fourth-order valence-electron chi connectivity index (χ4n) is 1.77. The molecule has 1 aromatic rings. The van der Waals surface area contributed by atoms with Crippen molar-refractivity contribution in [2.75, 3.05) is 13.2 Å². The number of hydrogen-bond donors (Lipinski definition) is 0. The van der Waals surface area contributed by atoms with E-state index >= 15 is 0 Å². The largest absolute Gasteiger partial charge is 0.460 e. The number of nitro groups is 1. The second-order valence-corrected chi connectivity index (χ2v) is 5.71. The summed E-state index contributed by atoms with van der Waals surface area (Å²) in [5, 5.41) is 29.3. The van der Waals surface area contributed by atoms with E-state index in [-0.39, 0.29) is 11.3 Å². The first-order valence-corrected chi connectivity index (χ1v) is 7.03. The average Bonchev–Trinajstić information content (AvgIpc) is 2.56. The van der Waals surface area contributed by atoms with Gasteiger partial charge in [0.2, 0.25) is 0 Å². The van der Waals surface area contributed by atoms with E-state index < -0.39 is 45.8 Å². The van der Waals surface area contributed by atoms with Crippen LogP contribution in [0, 0.1) is 35.8 Å². The van der Waals surface area contributed by atoms with Gasteiger partial charge in [0, 0.05) is 17.5 Å². The fourth-order valence-corrected chi connectivity index (χ4v) is 1.77. The first-order valence-electron chi connectivity index (χ1n) is 7.03. The second-order valence-electron chi connectivity index (χ2n) is 5.71. The number of esters is 1. The number of non-ortho nitro benzene ring substituents is 1. The third-order valence-corrected chi connectivity index (χ3v) is 3.31. The topological polar surface area (TPSA) is 174 Å². The highest BCUT2D eigenvalue weighted by Crippen LogP contribution is 2.25. The maximum Gasteiger partial charge on any atom is 0.338 e. The molecule has 1 rings (SSSR count). The van der Waals surface area contributed by atoms with Gasteiger partial charge >= 0.3 is 5.97 Å². The molecule has 0 amide bonds. The fraction of sp³-hybridized carbons (Fsp3) is 0.462. The highest BCUT2D eigenvalue weighted by atomic mass is 17.0. The molecule has 13 heteroatoms. The Morgan fingerprint density at radius 2 is 1.65 bits per heavy atom. The number of nitrogens with zero attached hydrogens (tertiary/aromatic N) is 3. The summed E-state index contributed by atoms with van der Waals surface area (Å²) in [4.78, 5) is 51.4. The van der Waals surface area contributed by atoms with Gasteiger partial charge in [-0.3, -0.25) is 10.1 Å². The van der Waals surface area contributed by atoms with Crippen LogP contribution < -0.4 is 0 Å². The maximum absolute atomic E-state index is 12.0. The smallest absolute Gasteiger partial charge is 0.338 e. The summed E-state index contributed by atoms with van der Waals surface area (Å²) in [5.41, 5.74) is -1.49. The van der Waals surface area contributed by atoms with Crippen molar-refractivity contribution in [3.63, 3.8) is 0 Å². The highest BCUT2D eigenvalue weighted by molar-refractivity contribution is 5.89. The quantitative estimate of drug-likeness (QED) is 0.332. The van der Waals surface area contributed by atoms with E-state index in [0.717, 1.165) is 24.3 Å². The molecule has 0 aliphatic carbocycles. The molecule has 13 nitrogen and oxygen atoms in total. The lowest BCUT2D eigenvalue weighted by atomic mass is 9.88. The minimum atomic E-state index is -1.35. The van der Waals surface area contributed by atoms with E-state index in [1.54, 1.807) is 0 Å². The van der Waals surface area contributed by atoms with Gasteiger partial charge in [-0.2, -0.15) is 0 Å². The van der Waals surface area contributed by atoms with Gasteiger partial charge in [-0.15, -0.1) is 20.2 Å². The molecule has 1 aromatic carbocycles. The Balaban J connectivity index is 2.78. The van der Waals surface area contributed by atoms with Crippen LogP contribution in [0.2, 0.25) is 0 Å². The molecule has 0 heterocycles. The Morgan fingerprint density at radius 3 is 2.12 bits per heavy atom. The molecule has 0 saturated carbocycles. The Bertz CT molecular complexity index is 688. The number of rotatable bonds is 10. The van der Waals surface area contributed by atoms with Crippen LogP contribution in [0.25, 0.3) is 0 Å². The van der Waals surface area contributed by atoms with Crippen molar-refractivity contribution in [2.45, 2.75) is 20.0 Å². The molecule has 142 valence electrons. The molecule has 0 aromatic heterocycles. The second kappa shape index (κ2) is 8.55. The number of hydrogen-bond acceptors (Lipinski definition) is 10. The standard InChI is InChI=1S/C13H15N3O10/c1-13(2,8-25-15(20)21)11(26-16(22)23)7-24-12(17)9-3-5-10(6-4-9)14(18)19/h3-6,11H,7-8H2,1-2H3/t11-/m0/s1. The number of benzene rings is 1. The van der Waals surface area contributed by atoms with Gasteiger partial charge in [0.05, 0.1) is 10.5 Å². The Hall–Kier alpha value is -3.51. The van der Waals surface area contributed by atoms with Gasteiger partial charge in [-0.25, -0.2) is 4.79 Å². The zero-order chi connectivity index (χ0) is 19.9. The molecular formula is C13H15N3O10. The molecule has 0 saturated heterocycles. The lowest BCUT2D eigenvalue weighted by Gasteiger charge is -2.30. The lowest BCUT2D eigenvalue weighted by Crippen LogP contribution is -2.41. The third-order valence-electron chi connectivity index (χ3n) is 3.31. The zero-order valence-corrected chi connectivity index (χ0v) is 13.7. The summed E-state index contributed by atoms with van der Waals surface area (Å²) in [6.45, 7) is 1.66. The number of carbonyl (C=O) groups is 1. The van der Waals surface area contributed by atoms with Gasteiger partial charge in [0.15, 0.2) is 0 Å². The van der Waals surface area contributed by atoms with Gasteiger partial charge in [-0.1, -0.05) is 13.8 Å². The van der Waals surface area contributed by atoms with Crippen LogP contribution in [0.5, 0.6) is 0 Å². The van der Waals surface area contributed by atoms with E-state index in [1.165, 1.54) is 13.8 Å². The first kappa shape index (κ1) is 20.5. The molecule has 0 radical (unpaired) electrons. The van der Waals surface area contributed by atoms with Gasteiger partial charge in [0.1, 0.15) is 19.3 Å². The third kappa shape index (κ3) is 6.18. The van der Waals surface area contributed by atoms with Crippen LogP contribution in [0.15, 0.2) is 24.3 Å². The Labute approximate surface area is 145 Å². The SMILES string of the molecule is CC(C)(CO[N+](=O)[O-])[C@H](COC(=O)c1ccc([N+](=O)[O-])cc1)O[N+](=O)[O-]. The van der Waals surface area contributed by atoms with Crippen molar-refractivity contribution in [1.82, 2.24) is 0 Å². The first-order chi connectivity index (χ1) is 12.0. The Morgan fingerprint density at radius 1 is 1.08 bits per heavy atom. The maximum atomic E-state index is 12.0. The molecule has 0 spiro atoms. The van der Waals surface area contributed by atoms with Crippen LogP contribution in [0.1, 0.15) is 24.2 Å². The molecule has 26 heavy (non-hydrogen) atoms. The molecule has 1 atom stereocenters. The number of carbonyl (C=O) groups excluding carboxylic acids is 1. The van der Waals surface area contributed by atoms with Crippen molar-refractivity contribution >= 4 is 11.7 Å². The molecule has 0 N–H and O–H groups in total. The zero-order valence-electron chi connectivity index (χ0n) is 13.7. The van der Waals surface area contributed by atoms with Crippen molar-refractivity contribution in [3.05, 3.63) is 60.2 Å². The van der Waals surface area contributed by atoms with Crippen molar-refractivity contribution in [2.24, 2.45) is 5.41 Å². The molecule has 0 unspecified atom stereocenters. The van der Waals surface area contributed by atoms with Crippen LogP contribution in [0.3, 0.4) is 0 Å². The molecule has 0 fully saturated rings.